The van der Waals surface area contributed by atoms with Gasteiger partial charge in [0.1, 0.15) is 0 Å². The van der Waals surface area contributed by atoms with Gasteiger partial charge in [0, 0.05) is 10.9 Å². The second kappa shape index (κ2) is 7.42. The van der Waals surface area contributed by atoms with E-state index in [1.807, 2.05) is 0 Å². The molecule has 0 spiro atoms. The molecule has 0 atom stereocenters. The van der Waals surface area contributed by atoms with Crippen LogP contribution >= 0.6 is 11.3 Å². The van der Waals surface area contributed by atoms with Crippen LogP contribution in [0.4, 0.5) is 13.2 Å². The van der Waals surface area contributed by atoms with Gasteiger partial charge in [0.25, 0.3) is 0 Å². The summed E-state index contributed by atoms with van der Waals surface area (Å²) < 4.78 is 48.3. The van der Waals surface area contributed by atoms with Crippen LogP contribution in [0.15, 0.2) is 29.6 Å². The lowest BCUT2D eigenvalue weighted by molar-refractivity contribution is -0.137. The number of thiophene rings is 1. The summed E-state index contributed by atoms with van der Waals surface area (Å²) in [5.41, 5.74) is 0.243. The summed E-state index contributed by atoms with van der Waals surface area (Å²) >= 11 is 1.17. The minimum absolute atomic E-state index is 0.338. The number of esters is 1. The van der Waals surface area contributed by atoms with Gasteiger partial charge < -0.3 is 9.47 Å². The van der Waals surface area contributed by atoms with Gasteiger partial charge in [0.2, 0.25) is 0 Å². The number of ether oxygens (including phenoxy) is 2. The van der Waals surface area contributed by atoms with Crippen LogP contribution in [0.5, 0.6) is 5.75 Å². The molecule has 1 aromatic carbocycles. The molecule has 0 N–H and O–H groups in total. The Labute approximate surface area is 152 Å². The summed E-state index contributed by atoms with van der Waals surface area (Å²) in [5.74, 6) is 6.07. The lowest BCUT2D eigenvalue weighted by Crippen LogP contribution is -2.05. The zero-order valence-electron chi connectivity index (χ0n) is 13.9. The summed E-state index contributed by atoms with van der Waals surface area (Å²) in [7, 11) is 1.29. The largest absolute Gasteiger partial charge is 0.490 e. The molecule has 2 aromatic rings. The zero-order valence-corrected chi connectivity index (χ0v) is 14.7. The van der Waals surface area contributed by atoms with Gasteiger partial charge in [-0.25, -0.2) is 4.79 Å². The maximum absolute atomic E-state index is 12.6. The van der Waals surface area contributed by atoms with Crippen molar-refractivity contribution in [2.45, 2.75) is 19.0 Å². The van der Waals surface area contributed by atoms with E-state index in [9.17, 15) is 18.0 Å². The minimum Gasteiger partial charge on any atom is -0.490 e. The molecule has 0 amide bonds. The third-order valence-electron chi connectivity index (χ3n) is 3.83. The lowest BCUT2D eigenvalue weighted by atomic mass is 10.1. The maximum atomic E-state index is 12.6. The van der Waals surface area contributed by atoms with E-state index in [0.717, 1.165) is 25.0 Å². The Hall–Kier alpha value is -2.46. The minimum atomic E-state index is -4.38. The molecule has 7 heteroatoms. The van der Waals surface area contributed by atoms with Gasteiger partial charge >= 0.3 is 12.1 Å². The molecule has 1 aromatic heterocycles. The van der Waals surface area contributed by atoms with Crippen molar-refractivity contribution in [2.75, 3.05) is 13.7 Å². The van der Waals surface area contributed by atoms with Crippen molar-refractivity contribution in [1.29, 1.82) is 0 Å². The molecule has 26 heavy (non-hydrogen) atoms. The number of hydrogen-bond acceptors (Lipinski definition) is 4. The van der Waals surface area contributed by atoms with Crippen LogP contribution < -0.4 is 4.74 Å². The number of carbonyl (C=O) groups excluding carboxylic acids is 1. The van der Waals surface area contributed by atoms with Crippen LogP contribution in [0.25, 0.3) is 0 Å². The van der Waals surface area contributed by atoms with E-state index in [2.05, 4.69) is 11.8 Å². The topological polar surface area (TPSA) is 35.5 Å². The number of benzene rings is 1. The van der Waals surface area contributed by atoms with Gasteiger partial charge in [-0.1, -0.05) is 11.8 Å². The summed E-state index contributed by atoms with van der Waals surface area (Å²) in [6.45, 7) is 0.510. The van der Waals surface area contributed by atoms with E-state index in [0.29, 0.717) is 34.3 Å². The Kier molecular flexibility index (Phi) is 5.23. The number of rotatable bonds is 4. The Morgan fingerprint density at radius 3 is 2.50 bits per heavy atom. The van der Waals surface area contributed by atoms with Gasteiger partial charge in [-0.3, -0.25) is 0 Å². The molecule has 136 valence electrons. The molecule has 1 fully saturated rings. The fourth-order valence-electron chi connectivity index (χ4n) is 2.18. The van der Waals surface area contributed by atoms with Crippen LogP contribution in [0.2, 0.25) is 0 Å². The number of hydrogen-bond donors (Lipinski definition) is 0. The van der Waals surface area contributed by atoms with E-state index < -0.39 is 17.7 Å². The van der Waals surface area contributed by atoms with E-state index in [1.54, 1.807) is 5.38 Å². The molecule has 1 saturated carbocycles. The first-order chi connectivity index (χ1) is 12.4. The summed E-state index contributed by atoms with van der Waals surface area (Å²) in [4.78, 5) is 12.2. The quantitative estimate of drug-likeness (QED) is 0.568. The molecule has 0 saturated heterocycles. The first kappa shape index (κ1) is 18.3. The molecule has 1 aliphatic rings. The van der Waals surface area contributed by atoms with Crippen molar-refractivity contribution < 1.29 is 27.4 Å². The van der Waals surface area contributed by atoms with E-state index >= 15 is 0 Å². The summed E-state index contributed by atoms with van der Waals surface area (Å²) in [6.07, 6.45) is -2.17. The van der Waals surface area contributed by atoms with E-state index in [1.165, 1.54) is 30.6 Å². The Balaban J connectivity index is 1.84. The highest BCUT2D eigenvalue weighted by Gasteiger charge is 2.30. The monoisotopic (exact) mass is 380 g/mol. The molecule has 0 radical (unpaired) electrons. The molecule has 0 bridgehead atoms. The predicted molar refractivity (Wildman–Crippen MR) is 91.3 cm³/mol. The van der Waals surface area contributed by atoms with Crippen molar-refractivity contribution in [2.24, 2.45) is 5.92 Å². The molecule has 0 aliphatic heterocycles. The molecular weight excluding hydrogens is 365 g/mol. The standard InChI is InChI=1S/C19H15F3O3S/c1-24-18(23)17-16(25-10-13-2-3-13)14(11-26-17)7-4-12-5-8-15(9-6-12)19(20,21)22/h5-6,8-9,11,13H,2-3,10H2,1H3. The van der Waals surface area contributed by atoms with Crippen LogP contribution in [-0.4, -0.2) is 19.7 Å². The molecule has 3 nitrogen and oxygen atoms in total. The molecule has 0 unspecified atom stereocenters. The third kappa shape index (κ3) is 4.38. The number of carbonyl (C=O) groups is 1. The fourth-order valence-corrected chi connectivity index (χ4v) is 3.04. The highest BCUT2D eigenvalue weighted by Crippen LogP contribution is 2.35. The number of methoxy groups -OCH3 is 1. The highest BCUT2D eigenvalue weighted by molar-refractivity contribution is 7.12. The molecule has 1 heterocycles. The predicted octanol–water partition coefficient (Wildman–Crippen LogP) is 4.74. The number of alkyl halides is 3. The summed E-state index contributed by atoms with van der Waals surface area (Å²) in [6, 6.07) is 4.60. The highest BCUT2D eigenvalue weighted by atomic mass is 32.1. The number of halogens is 3. The van der Waals surface area contributed by atoms with Crippen LogP contribution in [0.1, 0.15) is 39.2 Å². The van der Waals surface area contributed by atoms with Crippen molar-refractivity contribution in [3.8, 4) is 17.6 Å². The van der Waals surface area contributed by atoms with Crippen LogP contribution in [-0.2, 0) is 10.9 Å². The summed E-state index contributed by atoms with van der Waals surface area (Å²) in [5, 5.41) is 1.69. The first-order valence-corrected chi connectivity index (χ1v) is 8.78. The maximum Gasteiger partial charge on any atom is 0.416 e. The van der Waals surface area contributed by atoms with Crippen LogP contribution in [0, 0.1) is 17.8 Å². The van der Waals surface area contributed by atoms with E-state index in [4.69, 9.17) is 9.47 Å². The average molecular weight is 380 g/mol. The second-order valence-electron chi connectivity index (χ2n) is 5.88. The molecular formula is C19H15F3O3S. The molecule has 1 aliphatic carbocycles. The molecule has 3 rings (SSSR count). The van der Waals surface area contributed by atoms with Gasteiger partial charge in [0.15, 0.2) is 10.6 Å². The Morgan fingerprint density at radius 2 is 1.92 bits per heavy atom. The zero-order chi connectivity index (χ0) is 18.7. The van der Waals surface area contributed by atoms with Gasteiger partial charge in [-0.2, -0.15) is 13.2 Å². The van der Waals surface area contributed by atoms with Crippen LogP contribution in [0.3, 0.4) is 0 Å². The van der Waals surface area contributed by atoms with Crippen molar-refractivity contribution in [3.05, 3.63) is 51.2 Å². The van der Waals surface area contributed by atoms with Crippen molar-refractivity contribution in [3.63, 3.8) is 0 Å². The van der Waals surface area contributed by atoms with Crippen molar-refractivity contribution in [1.82, 2.24) is 0 Å². The second-order valence-corrected chi connectivity index (χ2v) is 6.76. The van der Waals surface area contributed by atoms with Gasteiger partial charge in [-0.15, -0.1) is 11.3 Å². The lowest BCUT2D eigenvalue weighted by Gasteiger charge is -2.06. The normalized spacial score (nSPS) is 13.7. The third-order valence-corrected chi connectivity index (χ3v) is 4.77. The fraction of sp³-hybridized carbons (Fsp3) is 0.316. The Morgan fingerprint density at radius 1 is 1.23 bits per heavy atom. The Bertz CT molecular complexity index is 853. The smallest absolute Gasteiger partial charge is 0.416 e. The van der Waals surface area contributed by atoms with Gasteiger partial charge in [0.05, 0.1) is 24.8 Å². The SMILES string of the molecule is COC(=O)c1scc(C#Cc2ccc(C(F)(F)F)cc2)c1OCC1CC1. The van der Waals surface area contributed by atoms with E-state index in [-0.39, 0.29) is 0 Å². The van der Waals surface area contributed by atoms with Crippen molar-refractivity contribution >= 4 is 17.3 Å². The average Bonchev–Trinajstić information content (AvgIpc) is 3.36. The first-order valence-electron chi connectivity index (χ1n) is 7.90. The van der Waals surface area contributed by atoms with Gasteiger partial charge in [-0.05, 0) is 43.0 Å².